The van der Waals surface area contributed by atoms with Crippen molar-refractivity contribution in [1.82, 2.24) is 25.5 Å². The van der Waals surface area contributed by atoms with Gasteiger partial charge in [-0.3, -0.25) is 14.5 Å². The van der Waals surface area contributed by atoms with Crippen LogP contribution in [0.1, 0.15) is 43.0 Å². The van der Waals surface area contributed by atoms with Gasteiger partial charge < -0.3 is 14.8 Å². The third-order valence-electron chi connectivity index (χ3n) is 7.02. The van der Waals surface area contributed by atoms with Crippen molar-refractivity contribution in [3.63, 3.8) is 0 Å². The van der Waals surface area contributed by atoms with Crippen molar-refractivity contribution in [2.75, 3.05) is 19.1 Å². The fourth-order valence-corrected chi connectivity index (χ4v) is 5.91. The van der Waals surface area contributed by atoms with Crippen LogP contribution in [0.25, 0.3) is 11.4 Å². The van der Waals surface area contributed by atoms with Gasteiger partial charge in [0.1, 0.15) is 24.1 Å². The van der Waals surface area contributed by atoms with E-state index in [9.17, 15) is 9.59 Å². The van der Waals surface area contributed by atoms with Crippen LogP contribution in [0.3, 0.4) is 0 Å². The summed E-state index contributed by atoms with van der Waals surface area (Å²) in [6, 6.07) is 15.0. The first-order valence-electron chi connectivity index (χ1n) is 13.4. The number of rotatable bonds is 10. The monoisotopic (exact) mass is 594 g/mol. The van der Waals surface area contributed by atoms with Gasteiger partial charge >= 0.3 is 0 Å². The second kappa shape index (κ2) is 13.1. The Morgan fingerprint density at radius 2 is 1.88 bits per heavy atom. The van der Waals surface area contributed by atoms with E-state index in [0.29, 0.717) is 33.6 Å². The predicted molar refractivity (Wildman–Crippen MR) is 157 cm³/mol. The number of anilines is 1. The molecule has 0 aliphatic heterocycles. The number of hydrogen-bond donors (Lipinski definition) is 1. The maximum atomic E-state index is 14.2. The highest BCUT2D eigenvalue weighted by atomic mass is 35.5. The van der Waals surface area contributed by atoms with E-state index in [2.05, 4.69) is 20.7 Å². The smallest absolute Gasteiger partial charge is 0.251 e. The van der Waals surface area contributed by atoms with Crippen molar-refractivity contribution in [2.24, 2.45) is 0 Å². The molecule has 2 heterocycles. The number of amides is 2. The molecule has 5 rings (SSSR count). The van der Waals surface area contributed by atoms with E-state index in [4.69, 9.17) is 21.1 Å². The number of benzene rings is 2. The molecular weight excluding hydrogens is 564 g/mol. The zero-order chi connectivity index (χ0) is 28.8. The van der Waals surface area contributed by atoms with Crippen LogP contribution in [-0.2, 0) is 16.1 Å². The molecule has 2 amide bonds. The number of methoxy groups -OCH3 is 2. The normalized spacial score (nSPS) is 14.3. The van der Waals surface area contributed by atoms with Crippen LogP contribution in [-0.4, -0.2) is 52.3 Å². The van der Waals surface area contributed by atoms with Gasteiger partial charge in [-0.25, -0.2) is 0 Å². The Morgan fingerprint density at radius 1 is 1.10 bits per heavy atom. The molecule has 1 aliphatic carbocycles. The molecule has 1 atom stereocenters. The number of tetrazole rings is 1. The van der Waals surface area contributed by atoms with E-state index in [-0.39, 0.29) is 18.5 Å². The number of nitrogens with one attached hydrogen (secondary N) is 1. The molecule has 2 aromatic carbocycles. The van der Waals surface area contributed by atoms with Crippen LogP contribution in [0.2, 0.25) is 5.02 Å². The third-order valence-corrected chi connectivity index (χ3v) is 8.19. The van der Waals surface area contributed by atoms with Gasteiger partial charge in [0, 0.05) is 27.6 Å². The molecule has 1 aliphatic rings. The van der Waals surface area contributed by atoms with E-state index in [1.807, 2.05) is 17.5 Å². The molecule has 214 valence electrons. The average Bonchev–Trinajstić information content (AvgIpc) is 3.69. The molecule has 12 heteroatoms. The SMILES string of the molecule is COc1ccc(N(C(=O)Cn2nnc(-c3ccc(Cl)cc3)n2)C(C(=O)NC2CCCCC2)c2cccs2)c(OC)c1. The van der Waals surface area contributed by atoms with Gasteiger partial charge in [0.2, 0.25) is 11.7 Å². The Labute approximate surface area is 247 Å². The van der Waals surface area contributed by atoms with Crippen LogP contribution in [0, 0.1) is 0 Å². The molecule has 1 saturated carbocycles. The minimum atomic E-state index is -0.939. The van der Waals surface area contributed by atoms with Gasteiger partial charge in [-0.2, -0.15) is 4.80 Å². The molecule has 41 heavy (non-hydrogen) atoms. The Morgan fingerprint density at radius 3 is 2.56 bits per heavy atom. The quantitative estimate of drug-likeness (QED) is 0.265. The van der Waals surface area contributed by atoms with Crippen molar-refractivity contribution in [2.45, 2.75) is 50.7 Å². The number of carbonyl (C=O) groups is 2. The Bertz CT molecular complexity index is 1470. The zero-order valence-electron chi connectivity index (χ0n) is 22.8. The van der Waals surface area contributed by atoms with Gasteiger partial charge in [0.25, 0.3) is 5.91 Å². The number of nitrogens with zero attached hydrogens (tertiary/aromatic N) is 5. The minimum absolute atomic E-state index is 0.0624. The van der Waals surface area contributed by atoms with Gasteiger partial charge in [0.15, 0.2) is 0 Å². The summed E-state index contributed by atoms with van der Waals surface area (Å²) in [5.41, 5.74) is 1.14. The molecule has 0 bridgehead atoms. The molecular formula is C29H31ClN6O4S. The van der Waals surface area contributed by atoms with Crippen molar-refractivity contribution in [3.8, 4) is 22.9 Å². The van der Waals surface area contributed by atoms with Gasteiger partial charge in [-0.15, -0.1) is 21.5 Å². The largest absolute Gasteiger partial charge is 0.497 e. The fourth-order valence-electron chi connectivity index (χ4n) is 4.97. The van der Waals surface area contributed by atoms with Crippen LogP contribution >= 0.6 is 22.9 Å². The number of hydrogen-bond acceptors (Lipinski definition) is 8. The summed E-state index contributed by atoms with van der Waals surface area (Å²) in [5, 5.41) is 18.3. The molecule has 0 radical (unpaired) electrons. The van der Waals surface area contributed by atoms with Crippen molar-refractivity contribution in [1.29, 1.82) is 0 Å². The lowest BCUT2D eigenvalue weighted by Gasteiger charge is -2.33. The Hall–Kier alpha value is -3.96. The van der Waals surface area contributed by atoms with Gasteiger partial charge in [-0.05, 0) is 65.9 Å². The van der Waals surface area contributed by atoms with Crippen LogP contribution in [0.4, 0.5) is 5.69 Å². The molecule has 1 fully saturated rings. The van der Waals surface area contributed by atoms with E-state index in [1.54, 1.807) is 49.6 Å². The molecule has 0 spiro atoms. The van der Waals surface area contributed by atoms with E-state index < -0.39 is 11.9 Å². The Balaban J connectivity index is 1.52. The summed E-state index contributed by atoms with van der Waals surface area (Å²) < 4.78 is 11.1. The summed E-state index contributed by atoms with van der Waals surface area (Å²) in [6.07, 6.45) is 5.13. The molecule has 10 nitrogen and oxygen atoms in total. The maximum absolute atomic E-state index is 14.2. The topological polar surface area (TPSA) is 111 Å². The number of ether oxygens (including phenoxy) is 2. The second-order valence-corrected chi connectivity index (χ2v) is 11.1. The van der Waals surface area contributed by atoms with Gasteiger partial charge in [-0.1, -0.05) is 36.9 Å². The minimum Gasteiger partial charge on any atom is -0.497 e. The van der Waals surface area contributed by atoms with E-state index in [1.165, 1.54) is 28.1 Å². The summed E-state index contributed by atoms with van der Waals surface area (Å²) in [7, 11) is 3.07. The number of thiophene rings is 1. The summed E-state index contributed by atoms with van der Waals surface area (Å²) in [5.74, 6) is 0.638. The molecule has 0 saturated heterocycles. The lowest BCUT2D eigenvalue weighted by Crippen LogP contribution is -2.48. The summed E-state index contributed by atoms with van der Waals surface area (Å²) >= 11 is 7.42. The van der Waals surface area contributed by atoms with Crippen molar-refractivity contribution >= 4 is 40.4 Å². The number of carbonyl (C=O) groups excluding carboxylic acids is 2. The van der Waals surface area contributed by atoms with Crippen LogP contribution < -0.4 is 19.7 Å². The first-order valence-corrected chi connectivity index (χ1v) is 14.6. The highest BCUT2D eigenvalue weighted by molar-refractivity contribution is 7.10. The summed E-state index contributed by atoms with van der Waals surface area (Å²) in [6.45, 7) is -0.256. The highest BCUT2D eigenvalue weighted by Crippen LogP contribution is 2.39. The molecule has 1 unspecified atom stereocenters. The first kappa shape index (κ1) is 28.6. The highest BCUT2D eigenvalue weighted by Gasteiger charge is 2.36. The Kier molecular flexibility index (Phi) is 9.15. The lowest BCUT2D eigenvalue weighted by molar-refractivity contribution is -0.127. The molecule has 4 aromatic rings. The zero-order valence-corrected chi connectivity index (χ0v) is 24.4. The standard InChI is InChI=1S/C29H31ClN6O4S/c1-39-22-14-15-23(24(17-22)40-2)36(26(37)18-35-33-28(32-34-35)19-10-12-20(30)13-11-19)27(25-9-6-16-41-25)29(38)31-21-7-4-3-5-8-21/h6,9-17,21,27H,3-5,7-8,18H2,1-2H3,(H,31,38). The average molecular weight is 595 g/mol. The summed E-state index contributed by atoms with van der Waals surface area (Å²) in [4.78, 5) is 31.6. The predicted octanol–water partition coefficient (Wildman–Crippen LogP) is 5.30. The second-order valence-electron chi connectivity index (χ2n) is 9.71. The lowest BCUT2D eigenvalue weighted by atomic mass is 9.95. The van der Waals surface area contributed by atoms with Crippen LogP contribution in [0.5, 0.6) is 11.5 Å². The molecule has 1 N–H and O–H groups in total. The van der Waals surface area contributed by atoms with Gasteiger partial charge in [0.05, 0.1) is 19.9 Å². The fraction of sp³-hybridized carbons (Fsp3) is 0.345. The number of halogens is 1. The third kappa shape index (κ3) is 6.68. The van der Waals surface area contributed by atoms with E-state index in [0.717, 1.165) is 37.0 Å². The maximum Gasteiger partial charge on any atom is 0.251 e. The van der Waals surface area contributed by atoms with Crippen molar-refractivity contribution in [3.05, 3.63) is 69.9 Å². The van der Waals surface area contributed by atoms with E-state index >= 15 is 0 Å². The number of aromatic nitrogens is 4. The molecule has 2 aromatic heterocycles. The van der Waals surface area contributed by atoms with Crippen molar-refractivity contribution < 1.29 is 19.1 Å². The first-order chi connectivity index (χ1) is 20.0. The van der Waals surface area contributed by atoms with Crippen LogP contribution in [0.15, 0.2) is 60.0 Å².